The van der Waals surface area contributed by atoms with Crippen molar-refractivity contribution in [1.82, 2.24) is 0 Å². The first kappa shape index (κ1) is 16.1. The molecule has 1 aromatic rings. The highest BCUT2D eigenvalue weighted by Gasteiger charge is 2.22. The molecule has 1 unspecified atom stereocenters. The number of hydrogen-bond acceptors (Lipinski definition) is 3. The Kier molecular flexibility index (Phi) is 5.04. The Morgan fingerprint density at radius 1 is 1.32 bits per heavy atom. The van der Waals surface area contributed by atoms with Crippen molar-refractivity contribution in [2.75, 3.05) is 11.9 Å². The fraction of sp³-hybridized carbons (Fsp3) is 0.538. The number of nitrogens with zero attached hydrogens (tertiary/aromatic N) is 1. The van der Waals surface area contributed by atoms with E-state index in [1.807, 2.05) is 0 Å². The molecule has 0 aliphatic rings. The SMILES string of the molecule is CC(CNc1cc(Cl)c(Cl)cc1[N+](=O)[O-])C(C)(C)C. The van der Waals surface area contributed by atoms with Crippen molar-refractivity contribution in [3.05, 3.63) is 32.3 Å². The summed E-state index contributed by atoms with van der Waals surface area (Å²) in [4.78, 5) is 10.5. The van der Waals surface area contributed by atoms with Gasteiger partial charge in [-0.25, -0.2) is 0 Å². The average Bonchev–Trinajstić information content (AvgIpc) is 2.28. The molecule has 0 amide bonds. The van der Waals surface area contributed by atoms with Gasteiger partial charge in [0.25, 0.3) is 5.69 Å². The van der Waals surface area contributed by atoms with Gasteiger partial charge in [-0.05, 0) is 17.4 Å². The fourth-order valence-electron chi connectivity index (χ4n) is 1.40. The van der Waals surface area contributed by atoms with E-state index in [0.717, 1.165) is 0 Å². The second-order valence-corrected chi connectivity index (χ2v) is 6.50. The topological polar surface area (TPSA) is 55.2 Å². The summed E-state index contributed by atoms with van der Waals surface area (Å²) in [6.45, 7) is 9.10. The first-order valence-electron chi connectivity index (χ1n) is 6.00. The van der Waals surface area contributed by atoms with Crippen molar-refractivity contribution in [1.29, 1.82) is 0 Å². The zero-order valence-corrected chi connectivity index (χ0v) is 13.0. The molecule has 0 saturated carbocycles. The van der Waals surface area contributed by atoms with Gasteiger partial charge in [0.05, 0.1) is 15.0 Å². The van der Waals surface area contributed by atoms with E-state index >= 15 is 0 Å². The van der Waals surface area contributed by atoms with Crippen LogP contribution in [0.25, 0.3) is 0 Å². The Hall–Kier alpha value is -1.00. The number of anilines is 1. The number of nitrogens with one attached hydrogen (secondary N) is 1. The van der Waals surface area contributed by atoms with Crippen LogP contribution in [0.15, 0.2) is 12.1 Å². The lowest BCUT2D eigenvalue weighted by Crippen LogP contribution is -2.25. The number of rotatable bonds is 4. The van der Waals surface area contributed by atoms with E-state index in [2.05, 4.69) is 33.0 Å². The maximum Gasteiger partial charge on any atom is 0.293 e. The summed E-state index contributed by atoms with van der Waals surface area (Å²) in [5, 5.41) is 14.6. The molecule has 1 N–H and O–H groups in total. The molecule has 1 rings (SSSR count). The van der Waals surface area contributed by atoms with Crippen molar-refractivity contribution >= 4 is 34.6 Å². The number of nitro groups is 1. The number of hydrogen-bond donors (Lipinski definition) is 1. The summed E-state index contributed by atoms with van der Waals surface area (Å²) < 4.78 is 0. The maximum atomic E-state index is 11.0. The van der Waals surface area contributed by atoms with E-state index in [0.29, 0.717) is 23.2 Å². The molecule has 0 heterocycles. The fourth-order valence-corrected chi connectivity index (χ4v) is 1.72. The molecule has 0 aromatic heterocycles. The molecule has 0 fully saturated rings. The Labute approximate surface area is 123 Å². The van der Waals surface area contributed by atoms with Crippen LogP contribution >= 0.6 is 23.2 Å². The van der Waals surface area contributed by atoms with Crippen LogP contribution in [0.5, 0.6) is 0 Å². The minimum absolute atomic E-state index is 0.0597. The van der Waals surface area contributed by atoms with Crippen molar-refractivity contribution < 1.29 is 4.92 Å². The highest BCUT2D eigenvalue weighted by Crippen LogP contribution is 2.34. The van der Waals surface area contributed by atoms with Crippen molar-refractivity contribution in [3.63, 3.8) is 0 Å². The predicted molar refractivity (Wildman–Crippen MR) is 80.2 cm³/mol. The van der Waals surface area contributed by atoms with Crippen LogP contribution in [0, 0.1) is 21.4 Å². The Bertz CT molecular complexity index is 484. The Morgan fingerprint density at radius 2 is 1.84 bits per heavy atom. The second-order valence-electron chi connectivity index (χ2n) is 5.69. The smallest absolute Gasteiger partial charge is 0.293 e. The van der Waals surface area contributed by atoms with Gasteiger partial charge in [-0.3, -0.25) is 10.1 Å². The average molecular weight is 305 g/mol. The Balaban J connectivity index is 2.95. The maximum absolute atomic E-state index is 11.0. The molecule has 0 aliphatic carbocycles. The lowest BCUT2D eigenvalue weighted by molar-refractivity contribution is -0.383. The number of nitro benzene ring substituents is 1. The van der Waals surface area contributed by atoms with Gasteiger partial charge < -0.3 is 5.32 Å². The summed E-state index contributed by atoms with van der Waals surface area (Å²) in [6.07, 6.45) is 0. The summed E-state index contributed by atoms with van der Waals surface area (Å²) in [7, 11) is 0. The third-order valence-corrected chi connectivity index (χ3v) is 4.03. The molecule has 0 spiro atoms. The van der Waals surface area contributed by atoms with Crippen LogP contribution < -0.4 is 5.32 Å². The molecule has 6 heteroatoms. The van der Waals surface area contributed by atoms with Gasteiger partial charge in [0.2, 0.25) is 0 Å². The van der Waals surface area contributed by atoms with Crippen LogP contribution in [0.4, 0.5) is 11.4 Å². The number of halogens is 2. The minimum Gasteiger partial charge on any atom is -0.379 e. The third kappa shape index (κ3) is 4.25. The van der Waals surface area contributed by atoms with Crippen molar-refractivity contribution in [2.45, 2.75) is 27.7 Å². The molecule has 19 heavy (non-hydrogen) atoms. The molecular weight excluding hydrogens is 287 g/mol. The van der Waals surface area contributed by atoms with Crippen LogP contribution in [0.1, 0.15) is 27.7 Å². The zero-order valence-electron chi connectivity index (χ0n) is 11.5. The first-order chi connectivity index (χ1) is 8.62. The van der Waals surface area contributed by atoms with Gasteiger partial charge in [-0.1, -0.05) is 50.9 Å². The second kappa shape index (κ2) is 5.97. The standard InChI is InChI=1S/C13H18Cl2N2O2/c1-8(13(2,3)4)7-16-11-5-9(14)10(15)6-12(11)17(18)19/h5-6,8,16H,7H2,1-4H3. The molecular formula is C13H18Cl2N2O2. The molecule has 0 bridgehead atoms. The summed E-state index contributed by atoms with van der Waals surface area (Å²) in [5.74, 6) is 0.349. The molecule has 0 saturated heterocycles. The van der Waals surface area contributed by atoms with Crippen LogP contribution in [-0.2, 0) is 0 Å². The molecule has 1 atom stereocenters. The number of benzene rings is 1. The molecule has 0 aliphatic heterocycles. The van der Waals surface area contributed by atoms with Crippen LogP contribution in [0.3, 0.4) is 0 Å². The largest absolute Gasteiger partial charge is 0.379 e. The molecule has 4 nitrogen and oxygen atoms in total. The zero-order chi connectivity index (χ0) is 14.8. The van der Waals surface area contributed by atoms with Crippen molar-refractivity contribution in [2.24, 2.45) is 11.3 Å². The Morgan fingerprint density at radius 3 is 2.32 bits per heavy atom. The van der Waals surface area contributed by atoms with E-state index in [-0.39, 0.29) is 16.1 Å². The molecule has 0 radical (unpaired) electrons. The lowest BCUT2D eigenvalue weighted by atomic mass is 9.82. The highest BCUT2D eigenvalue weighted by atomic mass is 35.5. The van der Waals surface area contributed by atoms with Crippen LogP contribution in [0.2, 0.25) is 10.0 Å². The highest BCUT2D eigenvalue weighted by molar-refractivity contribution is 6.42. The van der Waals surface area contributed by atoms with Gasteiger partial charge in [0.15, 0.2) is 0 Å². The quantitative estimate of drug-likeness (QED) is 0.629. The molecule has 1 aromatic carbocycles. The van der Waals surface area contributed by atoms with E-state index in [1.165, 1.54) is 12.1 Å². The third-order valence-electron chi connectivity index (χ3n) is 3.31. The molecule has 106 valence electrons. The summed E-state index contributed by atoms with van der Waals surface area (Å²) >= 11 is 11.7. The van der Waals surface area contributed by atoms with Gasteiger partial charge >= 0.3 is 0 Å². The normalized spacial score (nSPS) is 13.2. The summed E-state index contributed by atoms with van der Waals surface area (Å²) in [6, 6.07) is 2.77. The van der Waals surface area contributed by atoms with E-state index in [1.54, 1.807) is 0 Å². The summed E-state index contributed by atoms with van der Waals surface area (Å²) in [5.41, 5.74) is 0.462. The van der Waals surface area contributed by atoms with Gasteiger partial charge in [-0.15, -0.1) is 0 Å². The van der Waals surface area contributed by atoms with Crippen molar-refractivity contribution in [3.8, 4) is 0 Å². The van der Waals surface area contributed by atoms with Gasteiger partial charge in [0.1, 0.15) is 5.69 Å². The van der Waals surface area contributed by atoms with Gasteiger partial charge in [-0.2, -0.15) is 0 Å². The monoisotopic (exact) mass is 304 g/mol. The van der Waals surface area contributed by atoms with E-state index in [4.69, 9.17) is 23.2 Å². The van der Waals surface area contributed by atoms with E-state index in [9.17, 15) is 10.1 Å². The first-order valence-corrected chi connectivity index (χ1v) is 6.76. The minimum atomic E-state index is -0.466. The van der Waals surface area contributed by atoms with Gasteiger partial charge in [0, 0.05) is 12.6 Å². The lowest BCUT2D eigenvalue weighted by Gasteiger charge is -2.27. The predicted octanol–water partition coefficient (Wildman–Crippen LogP) is 5.00. The van der Waals surface area contributed by atoms with E-state index < -0.39 is 4.92 Å². The van der Waals surface area contributed by atoms with Crippen LogP contribution in [-0.4, -0.2) is 11.5 Å².